The number of carbonyl (C=O) groups is 1. The zero-order chi connectivity index (χ0) is 24.2. The van der Waals surface area contributed by atoms with Crippen molar-refractivity contribution in [1.29, 1.82) is 0 Å². The maximum Gasteiger partial charge on any atom is 0.352 e. The number of hydrogen-bond acceptors (Lipinski definition) is 4. The van der Waals surface area contributed by atoms with E-state index in [9.17, 15) is 9.90 Å². The van der Waals surface area contributed by atoms with Crippen LogP contribution >= 0.6 is 0 Å². The molecule has 0 aliphatic rings. The summed E-state index contributed by atoms with van der Waals surface area (Å²) in [7, 11) is 0. The van der Waals surface area contributed by atoms with Gasteiger partial charge in [0.25, 0.3) is 0 Å². The van der Waals surface area contributed by atoms with Gasteiger partial charge in [-0.2, -0.15) is 0 Å². The van der Waals surface area contributed by atoms with Crippen LogP contribution in [0, 0.1) is 0 Å². The van der Waals surface area contributed by atoms with Crippen LogP contribution in [0.2, 0.25) is 0 Å². The maximum absolute atomic E-state index is 12.1. The second kappa shape index (κ2) is 9.73. The molecule has 0 aliphatic carbocycles. The first-order valence-electron chi connectivity index (χ1n) is 11.4. The number of hydrogen-bond donors (Lipinski definition) is 1. The summed E-state index contributed by atoms with van der Waals surface area (Å²) in [5.74, 6) is 1.24. The van der Waals surface area contributed by atoms with Gasteiger partial charge in [0.1, 0.15) is 22.9 Å². The molecule has 0 radical (unpaired) electrons. The highest BCUT2D eigenvalue weighted by Crippen LogP contribution is 2.32. The highest BCUT2D eigenvalue weighted by Gasteiger charge is 2.18. The zero-order valence-corrected chi connectivity index (χ0v) is 19.2. The fraction of sp³-hybridized carbons (Fsp3) is 0.103. The molecule has 0 saturated heterocycles. The summed E-state index contributed by atoms with van der Waals surface area (Å²) in [4.78, 5) is 16.7. The second-order valence-electron chi connectivity index (χ2n) is 8.03. The fourth-order valence-electron chi connectivity index (χ4n) is 4.13. The van der Waals surface area contributed by atoms with E-state index in [1.165, 1.54) is 0 Å². The number of carboxylic acid groups (broad SMARTS) is 1. The number of benzene rings is 3. The number of aromatic carboxylic acids is 1. The molecule has 6 nitrogen and oxygen atoms in total. The van der Waals surface area contributed by atoms with E-state index in [1.807, 2.05) is 96.4 Å². The SMILES string of the molecule is CCOc1cccc(-c2nccc3c2cc(C(=O)O)n3Cc2ccc(Oc3ccccc3)cc2)c1. The van der Waals surface area contributed by atoms with Gasteiger partial charge in [-0.15, -0.1) is 0 Å². The lowest BCUT2D eigenvalue weighted by molar-refractivity contribution is 0.0686. The molecule has 5 rings (SSSR count). The molecule has 5 aromatic rings. The van der Waals surface area contributed by atoms with Crippen molar-refractivity contribution < 1.29 is 19.4 Å². The lowest BCUT2D eigenvalue weighted by Gasteiger charge is -2.11. The molecule has 6 heteroatoms. The van der Waals surface area contributed by atoms with Crippen LogP contribution in [0.3, 0.4) is 0 Å². The van der Waals surface area contributed by atoms with Gasteiger partial charge in [0.15, 0.2) is 0 Å². The standard InChI is InChI=1S/C29H24N2O4/c1-2-34-24-10-6-7-21(17-24)28-25-18-27(29(32)33)31(26(25)15-16-30-28)19-20-11-13-23(14-12-20)35-22-8-4-3-5-9-22/h3-18H,2,19H2,1H3,(H,32,33). The predicted molar refractivity (Wildman–Crippen MR) is 135 cm³/mol. The first-order valence-corrected chi connectivity index (χ1v) is 11.4. The van der Waals surface area contributed by atoms with Crippen LogP contribution in [0.4, 0.5) is 0 Å². The van der Waals surface area contributed by atoms with Gasteiger partial charge in [0.2, 0.25) is 0 Å². The fourth-order valence-corrected chi connectivity index (χ4v) is 4.13. The molecule has 2 heterocycles. The van der Waals surface area contributed by atoms with E-state index in [4.69, 9.17) is 9.47 Å². The first kappa shape index (κ1) is 22.2. The summed E-state index contributed by atoms with van der Waals surface area (Å²) in [5.41, 5.74) is 3.57. The van der Waals surface area contributed by atoms with Crippen LogP contribution in [-0.2, 0) is 6.54 Å². The molecule has 0 amide bonds. The van der Waals surface area contributed by atoms with E-state index in [1.54, 1.807) is 12.3 Å². The number of para-hydroxylation sites is 1. The molecule has 174 valence electrons. The summed E-state index contributed by atoms with van der Waals surface area (Å²) in [6, 6.07) is 28.5. The molecule has 0 atom stereocenters. The van der Waals surface area contributed by atoms with E-state index >= 15 is 0 Å². The van der Waals surface area contributed by atoms with Crippen LogP contribution in [0.5, 0.6) is 17.2 Å². The number of nitrogens with zero attached hydrogens (tertiary/aromatic N) is 2. The Morgan fingerprint density at radius 1 is 0.886 bits per heavy atom. The minimum Gasteiger partial charge on any atom is -0.494 e. The second-order valence-corrected chi connectivity index (χ2v) is 8.03. The molecule has 1 N–H and O–H groups in total. The molecule has 0 unspecified atom stereocenters. The number of rotatable bonds is 8. The van der Waals surface area contributed by atoms with Gasteiger partial charge in [-0.3, -0.25) is 4.98 Å². The van der Waals surface area contributed by atoms with Gasteiger partial charge in [-0.1, -0.05) is 42.5 Å². The largest absolute Gasteiger partial charge is 0.494 e. The van der Waals surface area contributed by atoms with Gasteiger partial charge in [-0.05, 0) is 61.0 Å². The molecular formula is C29H24N2O4. The van der Waals surface area contributed by atoms with Crippen LogP contribution < -0.4 is 9.47 Å². The lowest BCUT2D eigenvalue weighted by atomic mass is 10.1. The van der Waals surface area contributed by atoms with Crippen molar-refractivity contribution in [3.63, 3.8) is 0 Å². The Morgan fingerprint density at radius 3 is 2.37 bits per heavy atom. The van der Waals surface area contributed by atoms with Crippen LogP contribution in [0.15, 0.2) is 97.2 Å². The third kappa shape index (κ3) is 4.73. The molecule has 0 saturated carbocycles. The third-order valence-electron chi connectivity index (χ3n) is 5.71. The molecule has 0 spiro atoms. The molecular weight excluding hydrogens is 440 g/mol. The van der Waals surface area contributed by atoms with E-state index < -0.39 is 5.97 Å². The number of fused-ring (bicyclic) bond motifs is 1. The smallest absolute Gasteiger partial charge is 0.352 e. The molecule has 35 heavy (non-hydrogen) atoms. The summed E-state index contributed by atoms with van der Waals surface area (Å²) in [6.07, 6.45) is 1.71. The Labute approximate surface area is 203 Å². The molecule has 2 aromatic heterocycles. The molecule has 0 bridgehead atoms. The van der Waals surface area contributed by atoms with Crippen molar-refractivity contribution in [2.24, 2.45) is 0 Å². The average Bonchev–Trinajstić information content (AvgIpc) is 3.25. The first-order chi connectivity index (χ1) is 17.1. The zero-order valence-electron chi connectivity index (χ0n) is 19.2. The van der Waals surface area contributed by atoms with E-state index in [2.05, 4.69) is 4.98 Å². The molecule has 0 aliphatic heterocycles. The maximum atomic E-state index is 12.1. The Bertz CT molecular complexity index is 1470. The normalized spacial score (nSPS) is 10.9. The van der Waals surface area contributed by atoms with Gasteiger partial charge in [-0.25, -0.2) is 4.79 Å². The number of ether oxygens (including phenoxy) is 2. The highest BCUT2D eigenvalue weighted by atomic mass is 16.5. The van der Waals surface area contributed by atoms with Crippen molar-refractivity contribution >= 4 is 16.9 Å². The van der Waals surface area contributed by atoms with Crippen LogP contribution in [0.1, 0.15) is 23.0 Å². The van der Waals surface area contributed by atoms with Gasteiger partial charge < -0.3 is 19.1 Å². The number of aromatic nitrogens is 2. The monoisotopic (exact) mass is 464 g/mol. The van der Waals surface area contributed by atoms with Crippen molar-refractivity contribution in [3.05, 3.63) is 108 Å². The highest BCUT2D eigenvalue weighted by molar-refractivity contribution is 6.00. The number of carboxylic acids is 1. The summed E-state index contributed by atoms with van der Waals surface area (Å²) in [6.45, 7) is 2.90. The van der Waals surface area contributed by atoms with Crippen molar-refractivity contribution in [2.75, 3.05) is 6.61 Å². The summed E-state index contributed by atoms with van der Waals surface area (Å²) < 4.78 is 13.3. The topological polar surface area (TPSA) is 73.6 Å². The predicted octanol–water partition coefficient (Wildman–Crippen LogP) is 6.64. The van der Waals surface area contributed by atoms with E-state index in [-0.39, 0.29) is 5.69 Å². The van der Waals surface area contributed by atoms with Crippen molar-refractivity contribution in [1.82, 2.24) is 9.55 Å². The Morgan fingerprint density at radius 2 is 1.63 bits per heavy atom. The lowest BCUT2D eigenvalue weighted by Crippen LogP contribution is -2.09. The number of pyridine rings is 1. The molecule has 3 aromatic carbocycles. The van der Waals surface area contributed by atoms with E-state index in [0.717, 1.165) is 45.0 Å². The van der Waals surface area contributed by atoms with Gasteiger partial charge >= 0.3 is 5.97 Å². The Kier molecular flexibility index (Phi) is 6.18. The Balaban J connectivity index is 1.49. The summed E-state index contributed by atoms with van der Waals surface area (Å²) >= 11 is 0. The van der Waals surface area contributed by atoms with Crippen molar-refractivity contribution in [3.8, 4) is 28.5 Å². The minimum absolute atomic E-state index is 0.208. The summed E-state index contributed by atoms with van der Waals surface area (Å²) in [5, 5.41) is 10.7. The van der Waals surface area contributed by atoms with Crippen LogP contribution in [0.25, 0.3) is 22.2 Å². The minimum atomic E-state index is -0.987. The Hall–Kier alpha value is -4.58. The van der Waals surface area contributed by atoms with Gasteiger partial charge in [0, 0.05) is 23.7 Å². The van der Waals surface area contributed by atoms with Crippen molar-refractivity contribution in [2.45, 2.75) is 13.5 Å². The third-order valence-corrected chi connectivity index (χ3v) is 5.71. The molecule has 0 fully saturated rings. The van der Waals surface area contributed by atoms with E-state index in [0.29, 0.717) is 13.2 Å². The van der Waals surface area contributed by atoms with Gasteiger partial charge in [0.05, 0.1) is 17.8 Å². The quantitative estimate of drug-likeness (QED) is 0.279. The van der Waals surface area contributed by atoms with Crippen LogP contribution in [-0.4, -0.2) is 27.2 Å². The average molecular weight is 465 g/mol.